The standard InChI is InChI=1S/C9H14F3O6P/c1-3-4-17-19(14,15)18-6-5-16-8(13)7(2)9(10,11)12/h2-6H2,1H3,(H,14,15). The first kappa shape index (κ1) is 18.1. The van der Waals surface area contributed by atoms with Gasteiger partial charge in [0.15, 0.2) is 0 Å². The summed E-state index contributed by atoms with van der Waals surface area (Å²) in [6.45, 7) is 3.00. The first-order valence-corrected chi connectivity index (χ1v) is 6.65. The largest absolute Gasteiger partial charge is 0.472 e. The highest BCUT2D eigenvalue weighted by molar-refractivity contribution is 7.47. The van der Waals surface area contributed by atoms with Crippen LogP contribution in [0.1, 0.15) is 13.3 Å². The fraction of sp³-hybridized carbons (Fsp3) is 0.667. The Morgan fingerprint density at radius 1 is 1.26 bits per heavy atom. The molecule has 1 unspecified atom stereocenters. The third kappa shape index (κ3) is 7.99. The van der Waals surface area contributed by atoms with Gasteiger partial charge in [-0.2, -0.15) is 13.2 Å². The Morgan fingerprint density at radius 2 is 1.79 bits per heavy atom. The molecule has 0 aliphatic carbocycles. The molecule has 0 aliphatic rings. The molecule has 0 bridgehead atoms. The van der Waals surface area contributed by atoms with Crippen molar-refractivity contribution in [1.82, 2.24) is 0 Å². The minimum absolute atomic E-state index is 0.0154. The fourth-order valence-electron chi connectivity index (χ4n) is 0.734. The highest BCUT2D eigenvalue weighted by atomic mass is 31.2. The SMILES string of the molecule is C=C(C(=O)OCCOP(=O)(O)OCCC)C(F)(F)F. The van der Waals surface area contributed by atoms with Gasteiger partial charge >= 0.3 is 20.0 Å². The number of hydrogen-bond donors (Lipinski definition) is 1. The molecule has 10 heteroatoms. The van der Waals surface area contributed by atoms with Crippen molar-refractivity contribution in [2.45, 2.75) is 19.5 Å². The van der Waals surface area contributed by atoms with E-state index in [1.165, 1.54) is 0 Å². The van der Waals surface area contributed by atoms with E-state index in [2.05, 4.69) is 20.4 Å². The lowest BCUT2D eigenvalue weighted by Gasteiger charge is -2.12. The van der Waals surface area contributed by atoms with Gasteiger partial charge in [0, 0.05) is 0 Å². The van der Waals surface area contributed by atoms with Crippen molar-refractivity contribution >= 4 is 13.8 Å². The Labute approximate surface area is 107 Å². The third-order valence-corrected chi connectivity index (χ3v) is 2.64. The molecule has 0 aliphatic heterocycles. The van der Waals surface area contributed by atoms with Crippen molar-refractivity contribution in [1.29, 1.82) is 0 Å². The molecule has 0 aromatic heterocycles. The second-order valence-corrected chi connectivity index (χ2v) is 4.70. The summed E-state index contributed by atoms with van der Waals surface area (Å²) in [6.07, 6.45) is -4.40. The van der Waals surface area contributed by atoms with E-state index in [1.54, 1.807) is 6.92 Å². The number of ether oxygens (including phenoxy) is 1. The van der Waals surface area contributed by atoms with Gasteiger partial charge in [0.25, 0.3) is 0 Å². The molecule has 0 aromatic rings. The van der Waals surface area contributed by atoms with Crippen molar-refractivity contribution in [2.75, 3.05) is 19.8 Å². The van der Waals surface area contributed by atoms with Crippen molar-refractivity contribution in [3.63, 3.8) is 0 Å². The third-order valence-electron chi connectivity index (χ3n) is 1.62. The van der Waals surface area contributed by atoms with Gasteiger partial charge in [-0.3, -0.25) is 9.05 Å². The molecule has 0 fully saturated rings. The normalized spacial score (nSPS) is 14.8. The summed E-state index contributed by atoms with van der Waals surface area (Å²) >= 11 is 0. The predicted molar refractivity (Wildman–Crippen MR) is 58.2 cm³/mol. The summed E-state index contributed by atoms with van der Waals surface area (Å²) in [5, 5.41) is 0. The van der Waals surface area contributed by atoms with E-state index >= 15 is 0 Å². The number of esters is 1. The lowest BCUT2D eigenvalue weighted by atomic mass is 10.3. The summed E-state index contributed by atoms with van der Waals surface area (Å²) in [6, 6.07) is 0. The number of hydrogen-bond acceptors (Lipinski definition) is 5. The van der Waals surface area contributed by atoms with Crippen LogP contribution in [0.15, 0.2) is 12.2 Å². The van der Waals surface area contributed by atoms with Crippen LogP contribution in [-0.2, 0) is 23.1 Å². The van der Waals surface area contributed by atoms with Crippen molar-refractivity contribution in [3.8, 4) is 0 Å². The molecule has 112 valence electrons. The second-order valence-electron chi connectivity index (χ2n) is 3.25. The van der Waals surface area contributed by atoms with Crippen molar-refractivity contribution < 1.29 is 41.2 Å². The van der Waals surface area contributed by atoms with Crippen LogP contribution in [0, 0.1) is 0 Å². The Balaban J connectivity index is 3.96. The van der Waals surface area contributed by atoms with Gasteiger partial charge in [0.05, 0.1) is 13.2 Å². The summed E-state index contributed by atoms with van der Waals surface area (Å²) in [5.74, 6) is -1.67. The first-order valence-electron chi connectivity index (χ1n) is 5.15. The topological polar surface area (TPSA) is 82.1 Å². The number of carbonyl (C=O) groups is 1. The molecule has 6 nitrogen and oxygen atoms in total. The molecule has 19 heavy (non-hydrogen) atoms. The zero-order valence-corrected chi connectivity index (χ0v) is 11.0. The van der Waals surface area contributed by atoms with E-state index in [9.17, 15) is 22.5 Å². The van der Waals surface area contributed by atoms with E-state index < -0.39 is 38.8 Å². The number of carbonyl (C=O) groups excluding carboxylic acids is 1. The van der Waals surface area contributed by atoms with E-state index in [0.29, 0.717) is 6.42 Å². The van der Waals surface area contributed by atoms with Crippen LogP contribution < -0.4 is 0 Å². The molecule has 0 saturated heterocycles. The highest BCUT2D eigenvalue weighted by Crippen LogP contribution is 2.42. The average molecular weight is 306 g/mol. The van der Waals surface area contributed by atoms with Crippen LogP contribution in [0.25, 0.3) is 0 Å². The van der Waals surface area contributed by atoms with Crippen molar-refractivity contribution in [2.24, 2.45) is 0 Å². The summed E-state index contributed by atoms with van der Waals surface area (Å²) in [7, 11) is -4.26. The number of alkyl halides is 3. The number of phosphoric ester groups is 1. The van der Waals surface area contributed by atoms with Crippen LogP contribution in [0.2, 0.25) is 0 Å². The molecule has 1 N–H and O–H groups in total. The predicted octanol–water partition coefficient (Wildman–Crippen LogP) is 2.19. The molecule has 1 atom stereocenters. The molecular weight excluding hydrogens is 292 g/mol. The van der Waals surface area contributed by atoms with Crippen molar-refractivity contribution in [3.05, 3.63) is 12.2 Å². The molecule has 0 amide bonds. The van der Waals surface area contributed by atoms with E-state index in [1.807, 2.05) is 0 Å². The summed E-state index contributed by atoms with van der Waals surface area (Å²) in [4.78, 5) is 19.8. The molecule has 0 rings (SSSR count). The Bertz CT molecular complexity index is 367. The first-order chi connectivity index (χ1) is 8.60. The van der Waals surface area contributed by atoms with Gasteiger partial charge in [0.2, 0.25) is 0 Å². The average Bonchev–Trinajstić information content (AvgIpc) is 2.29. The van der Waals surface area contributed by atoms with E-state index in [4.69, 9.17) is 4.89 Å². The number of rotatable bonds is 8. The number of phosphoric acid groups is 1. The highest BCUT2D eigenvalue weighted by Gasteiger charge is 2.37. The zero-order valence-electron chi connectivity index (χ0n) is 10.1. The summed E-state index contributed by atoms with van der Waals surface area (Å²) < 4.78 is 60.0. The maximum Gasteiger partial charge on any atom is 0.472 e. The van der Waals surface area contributed by atoms with Gasteiger partial charge in [-0.1, -0.05) is 13.5 Å². The zero-order chi connectivity index (χ0) is 15.1. The van der Waals surface area contributed by atoms with Crippen LogP contribution in [-0.4, -0.2) is 36.9 Å². The molecule has 0 radical (unpaired) electrons. The summed E-state index contributed by atoms with van der Waals surface area (Å²) in [5.41, 5.74) is -1.66. The molecule has 0 aromatic carbocycles. The Morgan fingerprint density at radius 3 is 2.26 bits per heavy atom. The lowest BCUT2D eigenvalue weighted by Crippen LogP contribution is -2.22. The molecule has 0 spiro atoms. The fourth-order valence-corrected chi connectivity index (χ4v) is 1.53. The molecule has 0 heterocycles. The maximum atomic E-state index is 12.0. The van der Waals surface area contributed by atoms with E-state index in [-0.39, 0.29) is 6.61 Å². The Hall–Kier alpha value is -0.890. The molecule has 0 saturated carbocycles. The van der Waals surface area contributed by atoms with Gasteiger partial charge < -0.3 is 9.63 Å². The Kier molecular flexibility index (Phi) is 7.28. The van der Waals surface area contributed by atoms with Crippen LogP contribution >= 0.6 is 7.82 Å². The minimum atomic E-state index is -4.88. The smallest absolute Gasteiger partial charge is 0.460 e. The minimum Gasteiger partial charge on any atom is -0.460 e. The van der Waals surface area contributed by atoms with Gasteiger partial charge in [-0.15, -0.1) is 0 Å². The van der Waals surface area contributed by atoms with Gasteiger partial charge in [0.1, 0.15) is 12.2 Å². The quantitative estimate of drug-likeness (QED) is 0.320. The van der Waals surface area contributed by atoms with Crippen LogP contribution in [0.3, 0.4) is 0 Å². The molecular formula is C9H14F3O6P. The number of halogens is 3. The second kappa shape index (κ2) is 7.64. The van der Waals surface area contributed by atoms with Gasteiger partial charge in [-0.25, -0.2) is 9.36 Å². The maximum absolute atomic E-state index is 12.0. The van der Waals surface area contributed by atoms with Crippen LogP contribution in [0.4, 0.5) is 13.2 Å². The van der Waals surface area contributed by atoms with Crippen LogP contribution in [0.5, 0.6) is 0 Å². The van der Waals surface area contributed by atoms with E-state index in [0.717, 1.165) is 0 Å². The van der Waals surface area contributed by atoms with Gasteiger partial charge in [-0.05, 0) is 6.42 Å². The lowest BCUT2D eigenvalue weighted by molar-refractivity contribution is -0.151. The monoisotopic (exact) mass is 306 g/mol.